The molecule has 0 unspecified atom stereocenters. The van der Waals surface area contributed by atoms with E-state index in [4.69, 9.17) is 0 Å². The number of aryl methyl sites for hydroxylation is 4. The van der Waals surface area contributed by atoms with Gasteiger partial charge in [0, 0.05) is 30.1 Å². The van der Waals surface area contributed by atoms with Gasteiger partial charge in [0.15, 0.2) is 0 Å². The van der Waals surface area contributed by atoms with Gasteiger partial charge in [-0.3, -0.25) is 4.68 Å². The highest BCUT2D eigenvalue weighted by molar-refractivity contribution is 7.99. The molecule has 4 heteroatoms. The van der Waals surface area contributed by atoms with Crippen molar-refractivity contribution in [1.82, 2.24) is 15.1 Å². The predicted octanol–water partition coefficient (Wildman–Crippen LogP) is 3.99. The fourth-order valence-electron chi connectivity index (χ4n) is 2.24. The summed E-state index contributed by atoms with van der Waals surface area (Å²) in [6.07, 6.45) is 0. The highest BCUT2D eigenvalue weighted by Gasteiger charge is 2.15. The van der Waals surface area contributed by atoms with Gasteiger partial charge in [-0.2, -0.15) is 5.10 Å². The SMILES string of the molecule is Cc1ccc(C)c(Sc2c(CNC(C)C)c(C)nn2C)c1. The van der Waals surface area contributed by atoms with Gasteiger partial charge in [-0.1, -0.05) is 37.7 Å². The molecule has 1 aromatic heterocycles. The van der Waals surface area contributed by atoms with Gasteiger partial charge >= 0.3 is 0 Å². The molecule has 1 N–H and O–H groups in total. The highest BCUT2D eigenvalue weighted by Crippen LogP contribution is 2.34. The molecule has 0 saturated heterocycles. The lowest BCUT2D eigenvalue weighted by molar-refractivity contribution is 0.580. The Labute approximate surface area is 132 Å². The molecular weight excluding hydrogens is 278 g/mol. The number of hydrogen-bond donors (Lipinski definition) is 1. The standard InChI is InChI=1S/C17H25N3S/c1-11(2)18-10-15-14(5)19-20(6)17(15)21-16-9-12(3)7-8-13(16)4/h7-9,11,18H,10H2,1-6H3. The van der Waals surface area contributed by atoms with E-state index in [1.54, 1.807) is 0 Å². The molecule has 0 aliphatic rings. The van der Waals surface area contributed by atoms with Crippen LogP contribution in [0.5, 0.6) is 0 Å². The third-order valence-electron chi connectivity index (χ3n) is 3.53. The van der Waals surface area contributed by atoms with E-state index in [0.29, 0.717) is 6.04 Å². The van der Waals surface area contributed by atoms with E-state index in [1.165, 1.54) is 26.6 Å². The maximum absolute atomic E-state index is 4.59. The summed E-state index contributed by atoms with van der Waals surface area (Å²) in [5.74, 6) is 0. The number of hydrogen-bond acceptors (Lipinski definition) is 3. The summed E-state index contributed by atoms with van der Waals surface area (Å²) in [7, 11) is 2.03. The molecular formula is C17H25N3S. The minimum atomic E-state index is 0.475. The Balaban J connectivity index is 2.32. The lowest BCUT2D eigenvalue weighted by Crippen LogP contribution is -2.22. The van der Waals surface area contributed by atoms with Crippen LogP contribution < -0.4 is 5.32 Å². The molecule has 0 atom stereocenters. The van der Waals surface area contributed by atoms with Crippen molar-refractivity contribution in [2.24, 2.45) is 7.05 Å². The Morgan fingerprint density at radius 1 is 1.24 bits per heavy atom. The molecule has 0 saturated carbocycles. The third-order valence-corrected chi connectivity index (χ3v) is 4.89. The summed E-state index contributed by atoms with van der Waals surface area (Å²) in [5.41, 5.74) is 5.02. The van der Waals surface area contributed by atoms with Gasteiger partial charge in [0.1, 0.15) is 5.03 Å². The average molecular weight is 303 g/mol. The molecule has 0 bridgehead atoms. The number of benzene rings is 1. The quantitative estimate of drug-likeness (QED) is 0.905. The molecule has 2 aromatic rings. The van der Waals surface area contributed by atoms with E-state index < -0.39 is 0 Å². The molecule has 1 heterocycles. The molecule has 0 fully saturated rings. The van der Waals surface area contributed by atoms with Gasteiger partial charge in [0.25, 0.3) is 0 Å². The second-order valence-corrected chi connectivity index (χ2v) is 6.93. The molecule has 3 nitrogen and oxygen atoms in total. The minimum absolute atomic E-state index is 0.475. The molecule has 2 rings (SSSR count). The summed E-state index contributed by atoms with van der Waals surface area (Å²) in [6, 6.07) is 7.08. The van der Waals surface area contributed by atoms with Crippen molar-refractivity contribution in [3.8, 4) is 0 Å². The summed E-state index contributed by atoms with van der Waals surface area (Å²) in [6.45, 7) is 11.6. The van der Waals surface area contributed by atoms with Crippen LogP contribution in [-0.4, -0.2) is 15.8 Å². The second kappa shape index (κ2) is 6.67. The Morgan fingerprint density at radius 2 is 1.95 bits per heavy atom. The molecule has 1 aromatic carbocycles. The van der Waals surface area contributed by atoms with Crippen molar-refractivity contribution < 1.29 is 0 Å². The lowest BCUT2D eigenvalue weighted by Gasteiger charge is -2.11. The first-order valence-corrected chi connectivity index (χ1v) is 8.21. The van der Waals surface area contributed by atoms with Gasteiger partial charge in [0.05, 0.1) is 5.69 Å². The number of rotatable bonds is 5. The van der Waals surface area contributed by atoms with Gasteiger partial charge in [-0.25, -0.2) is 0 Å². The van der Waals surface area contributed by atoms with Crippen molar-refractivity contribution >= 4 is 11.8 Å². The molecule has 0 radical (unpaired) electrons. The van der Waals surface area contributed by atoms with Gasteiger partial charge < -0.3 is 5.32 Å². The van der Waals surface area contributed by atoms with E-state index in [1.807, 2.05) is 23.5 Å². The van der Waals surface area contributed by atoms with Crippen LogP contribution in [0.15, 0.2) is 28.1 Å². The van der Waals surface area contributed by atoms with Crippen molar-refractivity contribution in [3.63, 3.8) is 0 Å². The zero-order chi connectivity index (χ0) is 15.6. The van der Waals surface area contributed by atoms with E-state index in [2.05, 4.69) is 63.2 Å². The first-order chi connectivity index (χ1) is 9.88. The summed E-state index contributed by atoms with van der Waals surface area (Å²) in [4.78, 5) is 1.31. The van der Waals surface area contributed by atoms with Crippen LogP contribution in [0.3, 0.4) is 0 Å². The lowest BCUT2D eigenvalue weighted by atomic mass is 10.2. The predicted molar refractivity (Wildman–Crippen MR) is 90.0 cm³/mol. The zero-order valence-corrected chi connectivity index (χ0v) is 14.6. The first kappa shape index (κ1) is 16.1. The van der Waals surface area contributed by atoms with E-state index in [0.717, 1.165) is 12.2 Å². The fourth-order valence-corrected chi connectivity index (χ4v) is 3.44. The van der Waals surface area contributed by atoms with Crippen molar-refractivity contribution in [3.05, 3.63) is 40.6 Å². The van der Waals surface area contributed by atoms with Crippen LogP contribution >= 0.6 is 11.8 Å². The largest absolute Gasteiger partial charge is 0.310 e. The number of aromatic nitrogens is 2. The fraction of sp³-hybridized carbons (Fsp3) is 0.471. The van der Waals surface area contributed by atoms with Crippen molar-refractivity contribution in [2.75, 3.05) is 0 Å². The van der Waals surface area contributed by atoms with Crippen molar-refractivity contribution in [2.45, 2.75) is 57.1 Å². The van der Waals surface area contributed by atoms with Crippen LogP contribution in [-0.2, 0) is 13.6 Å². The molecule has 114 valence electrons. The Bertz CT molecular complexity index is 629. The average Bonchev–Trinajstić information content (AvgIpc) is 2.66. The van der Waals surface area contributed by atoms with Crippen molar-refractivity contribution in [1.29, 1.82) is 0 Å². The van der Waals surface area contributed by atoms with Gasteiger partial charge in [-0.15, -0.1) is 0 Å². The molecule has 0 amide bonds. The van der Waals surface area contributed by atoms with Gasteiger partial charge in [0.2, 0.25) is 0 Å². The molecule has 0 spiro atoms. The third kappa shape index (κ3) is 3.89. The van der Waals surface area contributed by atoms with Gasteiger partial charge in [-0.05, 0) is 38.0 Å². The second-order valence-electron chi connectivity index (χ2n) is 5.90. The van der Waals surface area contributed by atoms with E-state index >= 15 is 0 Å². The smallest absolute Gasteiger partial charge is 0.103 e. The van der Waals surface area contributed by atoms with Crippen LogP contribution in [0, 0.1) is 20.8 Å². The van der Waals surface area contributed by atoms with Crippen LogP contribution in [0.1, 0.15) is 36.2 Å². The van der Waals surface area contributed by atoms with E-state index in [9.17, 15) is 0 Å². The summed E-state index contributed by atoms with van der Waals surface area (Å²) >= 11 is 1.81. The zero-order valence-electron chi connectivity index (χ0n) is 13.8. The molecule has 0 aliphatic carbocycles. The first-order valence-electron chi connectivity index (χ1n) is 7.39. The minimum Gasteiger partial charge on any atom is -0.310 e. The highest BCUT2D eigenvalue weighted by atomic mass is 32.2. The molecule has 21 heavy (non-hydrogen) atoms. The van der Waals surface area contributed by atoms with E-state index in [-0.39, 0.29) is 0 Å². The maximum Gasteiger partial charge on any atom is 0.103 e. The summed E-state index contributed by atoms with van der Waals surface area (Å²) in [5, 5.41) is 9.33. The van der Waals surface area contributed by atoms with Crippen LogP contribution in [0.2, 0.25) is 0 Å². The van der Waals surface area contributed by atoms with Crippen LogP contribution in [0.4, 0.5) is 0 Å². The summed E-state index contributed by atoms with van der Waals surface area (Å²) < 4.78 is 2.00. The molecule has 0 aliphatic heterocycles. The Kier molecular flexibility index (Phi) is 5.12. The normalized spacial score (nSPS) is 11.4. The Hall–Kier alpha value is -1.26. The Morgan fingerprint density at radius 3 is 2.62 bits per heavy atom. The maximum atomic E-state index is 4.59. The number of nitrogens with one attached hydrogen (secondary N) is 1. The van der Waals surface area contributed by atoms with Crippen LogP contribution in [0.25, 0.3) is 0 Å². The monoisotopic (exact) mass is 303 g/mol. The number of nitrogens with zero attached hydrogens (tertiary/aromatic N) is 2. The topological polar surface area (TPSA) is 29.9 Å².